The second-order valence-electron chi connectivity index (χ2n) is 3.52. The summed E-state index contributed by atoms with van der Waals surface area (Å²) in [6, 6.07) is 6.90. The molecule has 0 fully saturated rings. The van der Waals surface area contributed by atoms with E-state index in [2.05, 4.69) is 26.6 Å². The number of halogens is 1. The number of nitrogens with one attached hydrogen (secondary N) is 2. The molecule has 5 nitrogen and oxygen atoms in total. The second-order valence-corrected chi connectivity index (χ2v) is 4.44. The summed E-state index contributed by atoms with van der Waals surface area (Å²) >= 11 is 3.25. The van der Waals surface area contributed by atoms with Gasteiger partial charge in [-0.15, -0.1) is 0 Å². The monoisotopic (exact) mass is 300 g/mol. The van der Waals surface area contributed by atoms with Crippen LogP contribution in [0.4, 0.5) is 5.69 Å². The van der Waals surface area contributed by atoms with E-state index in [0.29, 0.717) is 5.69 Å². The third-order valence-electron chi connectivity index (χ3n) is 1.85. The van der Waals surface area contributed by atoms with Gasteiger partial charge < -0.3 is 15.7 Å². The van der Waals surface area contributed by atoms with E-state index in [1.165, 1.54) is 6.92 Å². The Morgan fingerprint density at radius 2 is 2.12 bits per heavy atom. The molecule has 3 N–H and O–H groups in total. The molecule has 0 saturated heterocycles. The molecule has 1 atom stereocenters. The molecule has 6 heteroatoms. The minimum absolute atomic E-state index is 0.0464. The predicted octanol–water partition coefficient (Wildman–Crippen LogP) is 0.885. The van der Waals surface area contributed by atoms with Gasteiger partial charge in [0.15, 0.2) is 0 Å². The zero-order valence-corrected chi connectivity index (χ0v) is 10.8. The maximum atomic E-state index is 11.4. The van der Waals surface area contributed by atoms with Gasteiger partial charge in [0.2, 0.25) is 0 Å². The molecule has 0 bridgehead atoms. The Balaban J connectivity index is 2.51. The van der Waals surface area contributed by atoms with E-state index in [0.717, 1.165) is 4.47 Å². The van der Waals surface area contributed by atoms with Gasteiger partial charge in [0.05, 0.1) is 6.10 Å². The Morgan fingerprint density at radius 1 is 1.41 bits per heavy atom. The van der Waals surface area contributed by atoms with Crippen LogP contribution in [0.1, 0.15) is 6.92 Å². The fraction of sp³-hybridized carbons (Fsp3) is 0.273. The number of amides is 2. The van der Waals surface area contributed by atoms with Crippen molar-refractivity contribution in [1.29, 1.82) is 0 Å². The van der Waals surface area contributed by atoms with Gasteiger partial charge in [-0.05, 0) is 25.1 Å². The summed E-state index contributed by atoms with van der Waals surface area (Å²) < 4.78 is 0.805. The summed E-state index contributed by atoms with van der Waals surface area (Å²) in [5.74, 6) is -1.53. The Bertz CT molecular complexity index is 421. The van der Waals surface area contributed by atoms with Crippen molar-refractivity contribution in [3.05, 3.63) is 28.7 Å². The lowest BCUT2D eigenvalue weighted by Crippen LogP contribution is -2.38. The molecule has 0 heterocycles. The van der Waals surface area contributed by atoms with Crippen molar-refractivity contribution in [3.8, 4) is 0 Å². The van der Waals surface area contributed by atoms with E-state index in [1.54, 1.807) is 18.2 Å². The van der Waals surface area contributed by atoms with E-state index in [1.807, 2.05) is 6.07 Å². The molecule has 92 valence electrons. The summed E-state index contributed by atoms with van der Waals surface area (Å²) in [5.41, 5.74) is 0.525. The molecule has 0 aliphatic carbocycles. The Hall–Kier alpha value is -1.40. The molecular formula is C11H13BrN2O3. The van der Waals surface area contributed by atoms with Crippen LogP contribution >= 0.6 is 15.9 Å². The quantitative estimate of drug-likeness (QED) is 0.725. The first-order valence-electron chi connectivity index (χ1n) is 5.02. The largest absolute Gasteiger partial charge is 0.392 e. The van der Waals surface area contributed by atoms with Gasteiger partial charge >= 0.3 is 11.8 Å². The number of carbonyl (C=O) groups excluding carboxylic acids is 2. The average molecular weight is 301 g/mol. The Kier molecular flexibility index (Phi) is 5.11. The minimum atomic E-state index is -0.772. The summed E-state index contributed by atoms with van der Waals surface area (Å²) in [7, 11) is 0. The van der Waals surface area contributed by atoms with Crippen molar-refractivity contribution in [2.45, 2.75) is 13.0 Å². The topological polar surface area (TPSA) is 78.4 Å². The van der Waals surface area contributed by atoms with Gasteiger partial charge in [-0.25, -0.2) is 0 Å². The fourth-order valence-electron chi connectivity index (χ4n) is 1.07. The van der Waals surface area contributed by atoms with Gasteiger partial charge in [-0.3, -0.25) is 9.59 Å². The van der Waals surface area contributed by atoms with Crippen LogP contribution in [0.2, 0.25) is 0 Å². The van der Waals surface area contributed by atoms with E-state index >= 15 is 0 Å². The number of aliphatic hydroxyl groups is 1. The van der Waals surface area contributed by atoms with E-state index < -0.39 is 17.9 Å². The van der Waals surface area contributed by atoms with Gasteiger partial charge in [-0.2, -0.15) is 0 Å². The van der Waals surface area contributed by atoms with Crippen LogP contribution in [-0.2, 0) is 9.59 Å². The minimum Gasteiger partial charge on any atom is -0.392 e. The number of aliphatic hydroxyl groups excluding tert-OH is 1. The SMILES string of the molecule is C[C@@H](O)CNC(=O)C(=O)Nc1cccc(Br)c1. The molecule has 0 aliphatic heterocycles. The molecule has 2 amide bonds. The first-order chi connectivity index (χ1) is 7.99. The van der Waals surface area contributed by atoms with Crippen LogP contribution in [0, 0.1) is 0 Å². The van der Waals surface area contributed by atoms with Crippen LogP contribution in [0.3, 0.4) is 0 Å². The van der Waals surface area contributed by atoms with Crippen molar-refractivity contribution in [2.75, 3.05) is 11.9 Å². The highest BCUT2D eigenvalue weighted by Crippen LogP contribution is 2.15. The molecule has 0 spiro atoms. The third kappa shape index (κ3) is 4.97. The van der Waals surface area contributed by atoms with Crippen LogP contribution in [-0.4, -0.2) is 29.6 Å². The summed E-state index contributed by atoms with van der Waals surface area (Å²) in [6.07, 6.45) is -0.683. The Labute approximate surface area is 107 Å². The van der Waals surface area contributed by atoms with Crippen molar-refractivity contribution in [3.63, 3.8) is 0 Å². The molecule has 1 aromatic rings. The molecular weight excluding hydrogens is 288 g/mol. The maximum Gasteiger partial charge on any atom is 0.313 e. The molecule has 1 aromatic carbocycles. The van der Waals surface area contributed by atoms with E-state index in [9.17, 15) is 9.59 Å². The van der Waals surface area contributed by atoms with E-state index in [4.69, 9.17) is 5.11 Å². The third-order valence-corrected chi connectivity index (χ3v) is 2.34. The summed E-state index contributed by atoms with van der Waals surface area (Å²) in [4.78, 5) is 22.7. The normalized spacial score (nSPS) is 11.7. The first kappa shape index (κ1) is 13.7. The second kappa shape index (κ2) is 6.36. The average Bonchev–Trinajstić information content (AvgIpc) is 2.25. The highest BCUT2D eigenvalue weighted by Gasteiger charge is 2.13. The van der Waals surface area contributed by atoms with Crippen LogP contribution in [0.15, 0.2) is 28.7 Å². The smallest absolute Gasteiger partial charge is 0.313 e. The number of anilines is 1. The van der Waals surface area contributed by atoms with Crippen molar-refractivity contribution in [2.24, 2.45) is 0 Å². The number of benzene rings is 1. The fourth-order valence-corrected chi connectivity index (χ4v) is 1.47. The molecule has 0 aliphatic rings. The van der Waals surface area contributed by atoms with Gasteiger partial charge in [0.1, 0.15) is 0 Å². The maximum absolute atomic E-state index is 11.4. The lowest BCUT2D eigenvalue weighted by molar-refractivity contribution is -0.136. The molecule has 0 saturated carbocycles. The van der Waals surface area contributed by atoms with Gasteiger partial charge in [0.25, 0.3) is 0 Å². The van der Waals surface area contributed by atoms with Crippen molar-refractivity contribution < 1.29 is 14.7 Å². The highest BCUT2D eigenvalue weighted by molar-refractivity contribution is 9.10. The molecule has 17 heavy (non-hydrogen) atoms. The summed E-state index contributed by atoms with van der Waals surface area (Å²) in [6.45, 7) is 1.57. The number of hydrogen-bond donors (Lipinski definition) is 3. The van der Waals surface area contributed by atoms with Crippen LogP contribution in [0.5, 0.6) is 0 Å². The zero-order chi connectivity index (χ0) is 12.8. The summed E-state index contributed by atoms with van der Waals surface area (Å²) in [5, 5.41) is 13.7. The molecule has 1 rings (SSSR count). The highest BCUT2D eigenvalue weighted by atomic mass is 79.9. The first-order valence-corrected chi connectivity index (χ1v) is 5.81. The molecule has 0 unspecified atom stereocenters. The lowest BCUT2D eigenvalue weighted by atomic mass is 10.3. The van der Waals surface area contributed by atoms with Crippen molar-refractivity contribution >= 4 is 33.4 Å². The van der Waals surface area contributed by atoms with Crippen LogP contribution in [0.25, 0.3) is 0 Å². The van der Waals surface area contributed by atoms with Gasteiger partial charge in [-0.1, -0.05) is 22.0 Å². The standard InChI is InChI=1S/C11H13BrN2O3/c1-7(15)6-13-10(16)11(17)14-9-4-2-3-8(12)5-9/h2-5,7,15H,6H2,1H3,(H,13,16)(H,14,17)/t7-/m1/s1. The zero-order valence-electron chi connectivity index (χ0n) is 9.24. The van der Waals surface area contributed by atoms with Crippen molar-refractivity contribution in [1.82, 2.24) is 5.32 Å². The lowest BCUT2D eigenvalue weighted by Gasteiger charge is -2.07. The van der Waals surface area contributed by atoms with Gasteiger partial charge in [0, 0.05) is 16.7 Å². The van der Waals surface area contributed by atoms with E-state index in [-0.39, 0.29) is 6.54 Å². The Morgan fingerprint density at radius 3 is 2.71 bits per heavy atom. The number of rotatable bonds is 3. The van der Waals surface area contributed by atoms with Crippen LogP contribution < -0.4 is 10.6 Å². The number of carbonyl (C=O) groups is 2. The molecule has 0 aromatic heterocycles. The predicted molar refractivity (Wildman–Crippen MR) is 67.5 cm³/mol. The number of hydrogen-bond acceptors (Lipinski definition) is 3. The molecule has 0 radical (unpaired) electrons.